The predicted octanol–water partition coefficient (Wildman–Crippen LogP) is 3.08. The van der Waals surface area contributed by atoms with E-state index in [-0.39, 0.29) is 23.7 Å². The van der Waals surface area contributed by atoms with E-state index in [0.717, 1.165) is 35.4 Å². The van der Waals surface area contributed by atoms with Crippen LogP contribution in [-0.4, -0.2) is 48.6 Å². The maximum atomic E-state index is 13.1. The Balaban J connectivity index is 1.50. The molecule has 0 saturated carbocycles. The molecule has 1 aromatic heterocycles. The normalized spacial score (nSPS) is 17.7. The monoisotopic (exact) mass is 437 g/mol. The van der Waals surface area contributed by atoms with Crippen LogP contribution in [0.25, 0.3) is 0 Å². The molecule has 1 N–H and O–H groups in total. The molecule has 2 amide bonds. The fourth-order valence-electron chi connectivity index (χ4n) is 4.38. The van der Waals surface area contributed by atoms with Crippen molar-refractivity contribution in [3.8, 4) is 0 Å². The third-order valence-electron chi connectivity index (χ3n) is 6.17. The largest absolute Gasteiger partial charge is 0.469 e. The molecule has 0 unspecified atom stereocenters. The number of methoxy groups -OCH3 is 1. The summed E-state index contributed by atoms with van der Waals surface area (Å²) in [6.45, 7) is 2.82. The molecule has 0 radical (unpaired) electrons. The average molecular weight is 437 g/mol. The Bertz CT molecular complexity index is 1050. The second-order valence-corrected chi connectivity index (χ2v) is 8.16. The van der Waals surface area contributed by atoms with Crippen LogP contribution >= 0.6 is 0 Å². The number of hydrogen-bond acceptors (Lipinski definition) is 6. The zero-order valence-corrected chi connectivity index (χ0v) is 18.3. The van der Waals surface area contributed by atoms with Gasteiger partial charge in [-0.1, -0.05) is 18.2 Å². The zero-order chi connectivity index (χ0) is 22.7. The summed E-state index contributed by atoms with van der Waals surface area (Å²) in [4.78, 5) is 39.0. The number of furan rings is 1. The molecule has 1 aliphatic carbocycles. The minimum atomic E-state index is -0.281. The van der Waals surface area contributed by atoms with Crippen molar-refractivity contribution < 1.29 is 23.5 Å². The summed E-state index contributed by atoms with van der Waals surface area (Å²) in [6.07, 6.45) is 3.41. The number of hydrogen-bond donors (Lipinski definition) is 1. The Morgan fingerprint density at radius 2 is 1.84 bits per heavy atom. The van der Waals surface area contributed by atoms with Crippen molar-refractivity contribution in [3.63, 3.8) is 0 Å². The van der Waals surface area contributed by atoms with Crippen molar-refractivity contribution in [2.45, 2.75) is 39.0 Å². The summed E-state index contributed by atoms with van der Waals surface area (Å²) in [5.74, 6) is 0.204. The highest BCUT2D eigenvalue weighted by atomic mass is 16.5. The maximum absolute atomic E-state index is 13.1. The van der Waals surface area contributed by atoms with Gasteiger partial charge in [-0.25, -0.2) is 5.43 Å². The fourth-order valence-corrected chi connectivity index (χ4v) is 4.38. The summed E-state index contributed by atoms with van der Waals surface area (Å²) in [5.41, 5.74) is 5.44. The van der Waals surface area contributed by atoms with Gasteiger partial charge in [0.05, 0.1) is 18.7 Å². The molecule has 1 saturated heterocycles. The molecule has 8 heteroatoms. The average Bonchev–Trinajstić information content (AvgIpc) is 3.19. The number of carbonyl (C=O) groups excluding carboxylic acids is 3. The molecule has 2 aromatic rings. The first kappa shape index (κ1) is 21.8. The molecule has 2 aliphatic rings. The number of fused-ring (bicyclic) bond motifs is 1. The zero-order valence-electron chi connectivity index (χ0n) is 18.3. The van der Waals surface area contributed by atoms with Gasteiger partial charge in [0.2, 0.25) is 0 Å². The minimum Gasteiger partial charge on any atom is -0.469 e. The lowest BCUT2D eigenvalue weighted by Gasteiger charge is -2.30. The molecule has 4 rings (SSSR count). The number of likely N-dealkylation sites (tertiary alicyclic amines) is 1. The van der Waals surface area contributed by atoms with E-state index in [0.29, 0.717) is 43.7 Å². The highest BCUT2D eigenvalue weighted by molar-refractivity contribution is 6.07. The molecule has 32 heavy (non-hydrogen) atoms. The van der Waals surface area contributed by atoms with Crippen molar-refractivity contribution in [3.05, 3.63) is 58.5 Å². The molecule has 2 heterocycles. The van der Waals surface area contributed by atoms with Crippen LogP contribution in [0.15, 0.2) is 39.9 Å². The number of nitrogens with zero attached hydrogens (tertiary/aromatic N) is 2. The first-order valence-electron chi connectivity index (χ1n) is 10.9. The Kier molecular flexibility index (Phi) is 6.39. The van der Waals surface area contributed by atoms with Crippen molar-refractivity contribution in [2.75, 3.05) is 20.2 Å². The first-order chi connectivity index (χ1) is 15.5. The summed E-state index contributed by atoms with van der Waals surface area (Å²) < 4.78 is 10.8. The summed E-state index contributed by atoms with van der Waals surface area (Å²) in [5, 5.41) is 4.37. The highest BCUT2D eigenvalue weighted by Crippen LogP contribution is 2.31. The van der Waals surface area contributed by atoms with Gasteiger partial charge in [-0.15, -0.1) is 0 Å². The quantitative estimate of drug-likeness (QED) is 0.585. The SMILES string of the molecule is COC(=O)C1CCN(C(=O)c2oc3c(c2C)/C(=N/NC(=O)c2ccccc2)CCC3)CC1. The van der Waals surface area contributed by atoms with Gasteiger partial charge in [0.25, 0.3) is 11.8 Å². The highest BCUT2D eigenvalue weighted by Gasteiger charge is 2.33. The van der Waals surface area contributed by atoms with E-state index in [1.807, 2.05) is 13.0 Å². The number of amides is 2. The van der Waals surface area contributed by atoms with Crippen LogP contribution < -0.4 is 5.43 Å². The number of ether oxygens (including phenoxy) is 1. The minimum absolute atomic E-state index is 0.165. The molecular weight excluding hydrogens is 410 g/mol. The Labute approximate surface area is 186 Å². The molecule has 1 aromatic carbocycles. The number of rotatable bonds is 4. The van der Waals surface area contributed by atoms with E-state index >= 15 is 0 Å². The van der Waals surface area contributed by atoms with Gasteiger partial charge in [-0.2, -0.15) is 5.10 Å². The van der Waals surface area contributed by atoms with Crippen LogP contribution in [0.1, 0.15) is 63.5 Å². The number of benzene rings is 1. The van der Waals surface area contributed by atoms with E-state index in [1.165, 1.54) is 7.11 Å². The summed E-state index contributed by atoms with van der Waals surface area (Å²) in [7, 11) is 1.39. The Hall–Kier alpha value is -3.42. The lowest BCUT2D eigenvalue weighted by atomic mass is 9.93. The van der Waals surface area contributed by atoms with Gasteiger partial charge >= 0.3 is 5.97 Å². The lowest BCUT2D eigenvalue weighted by molar-refractivity contribution is -0.146. The summed E-state index contributed by atoms with van der Waals surface area (Å²) in [6, 6.07) is 8.90. The van der Waals surface area contributed by atoms with Crippen LogP contribution in [0.3, 0.4) is 0 Å². The van der Waals surface area contributed by atoms with Crippen LogP contribution in [0.5, 0.6) is 0 Å². The number of aryl methyl sites for hydroxylation is 1. The van der Waals surface area contributed by atoms with E-state index < -0.39 is 0 Å². The lowest BCUT2D eigenvalue weighted by Crippen LogP contribution is -2.40. The van der Waals surface area contributed by atoms with Crippen LogP contribution in [0.4, 0.5) is 0 Å². The number of carbonyl (C=O) groups is 3. The Morgan fingerprint density at radius 1 is 1.12 bits per heavy atom. The third kappa shape index (κ3) is 4.30. The second kappa shape index (κ2) is 9.38. The first-order valence-corrected chi connectivity index (χ1v) is 10.9. The van der Waals surface area contributed by atoms with Gasteiger partial charge in [-0.05, 0) is 44.7 Å². The second-order valence-electron chi connectivity index (χ2n) is 8.16. The van der Waals surface area contributed by atoms with Gasteiger partial charge in [0, 0.05) is 36.2 Å². The third-order valence-corrected chi connectivity index (χ3v) is 6.17. The van der Waals surface area contributed by atoms with Crippen LogP contribution in [-0.2, 0) is 16.0 Å². The molecule has 8 nitrogen and oxygen atoms in total. The van der Waals surface area contributed by atoms with E-state index in [4.69, 9.17) is 9.15 Å². The molecule has 0 atom stereocenters. The number of nitrogens with one attached hydrogen (secondary N) is 1. The summed E-state index contributed by atoms with van der Waals surface area (Å²) >= 11 is 0. The standard InChI is InChI=1S/C24H27N3O5/c1-15-20-18(25-26-22(28)16-7-4-3-5-8-16)9-6-10-19(20)32-21(15)23(29)27-13-11-17(12-14-27)24(30)31-2/h3-5,7-8,17H,6,9-14H2,1-2H3,(H,26,28)/b25-18+. The number of hydrazone groups is 1. The van der Waals surface area contributed by atoms with E-state index in [9.17, 15) is 14.4 Å². The number of piperidine rings is 1. The van der Waals surface area contributed by atoms with Crippen LogP contribution in [0.2, 0.25) is 0 Å². The number of esters is 1. The van der Waals surface area contributed by atoms with E-state index in [1.54, 1.807) is 29.2 Å². The predicted molar refractivity (Wildman–Crippen MR) is 117 cm³/mol. The van der Waals surface area contributed by atoms with Crippen molar-refractivity contribution in [1.82, 2.24) is 10.3 Å². The maximum Gasteiger partial charge on any atom is 0.308 e. The molecule has 1 aliphatic heterocycles. The fraction of sp³-hybridized carbons (Fsp3) is 0.417. The van der Waals surface area contributed by atoms with Gasteiger partial charge in [0.15, 0.2) is 5.76 Å². The molecule has 168 valence electrons. The Morgan fingerprint density at radius 3 is 2.53 bits per heavy atom. The molecular formula is C24H27N3O5. The van der Waals surface area contributed by atoms with Crippen molar-refractivity contribution in [1.29, 1.82) is 0 Å². The smallest absolute Gasteiger partial charge is 0.308 e. The van der Waals surface area contributed by atoms with Crippen molar-refractivity contribution >= 4 is 23.5 Å². The van der Waals surface area contributed by atoms with Gasteiger partial charge in [0.1, 0.15) is 5.76 Å². The van der Waals surface area contributed by atoms with Gasteiger partial charge < -0.3 is 14.1 Å². The topological polar surface area (TPSA) is 101 Å². The molecule has 1 fully saturated rings. The van der Waals surface area contributed by atoms with Crippen LogP contribution in [0, 0.1) is 12.8 Å². The molecule has 0 bridgehead atoms. The molecule has 0 spiro atoms. The van der Waals surface area contributed by atoms with Crippen molar-refractivity contribution in [2.24, 2.45) is 11.0 Å². The van der Waals surface area contributed by atoms with Gasteiger partial charge in [-0.3, -0.25) is 14.4 Å². The van der Waals surface area contributed by atoms with E-state index in [2.05, 4.69) is 10.5 Å².